The number of ether oxygens (including phenoxy) is 1. The van der Waals surface area contributed by atoms with E-state index in [2.05, 4.69) is 48.5 Å². The Balaban J connectivity index is 1.82. The number of nitrogens with one attached hydrogen (secondary N) is 7. The molecule has 37 heavy (non-hydrogen) atoms. The summed E-state index contributed by atoms with van der Waals surface area (Å²) in [6.07, 6.45) is 5.38. The van der Waals surface area contributed by atoms with Crippen molar-refractivity contribution in [2.75, 3.05) is 56.3 Å². The fraction of sp³-hybridized carbons (Fsp3) is 0.308. The van der Waals surface area contributed by atoms with Crippen molar-refractivity contribution >= 4 is 35.5 Å². The quantitative estimate of drug-likeness (QED) is 0.0894. The molecule has 1 fully saturated rings. The van der Waals surface area contributed by atoms with Crippen LogP contribution in [-0.2, 0) is 4.79 Å². The van der Waals surface area contributed by atoms with Crippen LogP contribution in [-0.4, -0.2) is 69.8 Å². The van der Waals surface area contributed by atoms with E-state index in [1.54, 1.807) is 19.2 Å². The van der Waals surface area contributed by atoms with E-state index in [9.17, 15) is 4.79 Å². The minimum Gasteiger partial charge on any atom is -0.473 e. The zero-order valence-electron chi connectivity index (χ0n) is 21.2. The van der Waals surface area contributed by atoms with Gasteiger partial charge in [-0.05, 0) is 37.2 Å². The van der Waals surface area contributed by atoms with Crippen LogP contribution in [0.3, 0.4) is 0 Å². The van der Waals surface area contributed by atoms with E-state index in [-0.39, 0.29) is 18.7 Å². The van der Waals surface area contributed by atoms with Crippen molar-refractivity contribution in [2.45, 2.75) is 12.5 Å². The van der Waals surface area contributed by atoms with Crippen LogP contribution < -0.4 is 36.6 Å². The molecule has 0 bridgehead atoms. The molecule has 0 radical (unpaired) electrons. The highest BCUT2D eigenvalue weighted by Gasteiger charge is 2.18. The van der Waals surface area contributed by atoms with Gasteiger partial charge in [0.05, 0.1) is 12.2 Å². The van der Waals surface area contributed by atoms with Crippen LogP contribution in [0.15, 0.2) is 65.4 Å². The summed E-state index contributed by atoms with van der Waals surface area (Å²) >= 11 is 0. The van der Waals surface area contributed by atoms with Gasteiger partial charge in [0, 0.05) is 62.6 Å². The average molecular weight is 506 g/mol. The van der Waals surface area contributed by atoms with Crippen molar-refractivity contribution in [1.29, 1.82) is 5.41 Å². The number of rotatable bonds is 14. The summed E-state index contributed by atoms with van der Waals surface area (Å²) in [4.78, 5) is 21.6. The molecule has 1 saturated heterocycles. The highest BCUT2D eigenvalue weighted by molar-refractivity contribution is 6.13. The standard InChI is InChI=1S/C26H35N9O2/c1-4-11-31-26(36)21(16-28-2)25(33-17-32-19-8-9-22(29-3)18(13-19)14-27)35-23-6-5-7-24(34-23)37-20-10-12-30-15-20/h4-9,13-14,16,20,27,29-30,32-33H,1,10-12,15,17H2,2-3H3,(H,31,36)(H,34,35)/b25-21-,27-14?,28-16?. The van der Waals surface area contributed by atoms with Crippen molar-refractivity contribution in [3.8, 4) is 5.88 Å². The molecule has 11 nitrogen and oxygen atoms in total. The second-order valence-corrected chi connectivity index (χ2v) is 8.12. The number of aliphatic imine (C=N–C) groups is 1. The normalized spacial score (nSPS) is 15.5. The van der Waals surface area contributed by atoms with Gasteiger partial charge in [0.2, 0.25) is 5.88 Å². The van der Waals surface area contributed by atoms with Crippen LogP contribution in [0.5, 0.6) is 5.88 Å². The third-order valence-corrected chi connectivity index (χ3v) is 5.49. The number of anilines is 3. The maximum Gasteiger partial charge on any atom is 0.256 e. The Morgan fingerprint density at radius 1 is 1.32 bits per heavy atom. The Morgan fingerprint density at radius 3 is 2.89 bits per heavy atom. The number of pyridine rings is 1. The van der Waals surface area contributed by atoms with E-state index in [4.69, 9.17) is 10.1 Å². The first-order valence-electron chi connectivity index (χ1n) is 12.0. The molecule has 11 heteroatoms. The summed E-state index contributed by atoms with van der Waals surface area (Å²) in [6, 6.07) is 11.1. The predicted octanol–water partition coefficient (Wildman–Crippen LogP) is 2.15. The SMILES string of the molecule is C=CCNC(=O)/C(C=NC)=C(/NCNc1ccc(NC)c(C=N)c1)Nc1cccc(OC2CCNC2)n1. The van der Waals surface area contributed by atoms with Gasteiger partial charge in [0.15, 0.2) is 0 Å². The Morgan fingerprint density at radius 2 is 2.19 bits per heavy atom. The number of amides is 1. The molecular formula is C26H35N9O2. The number of nitrogens with zero attached hydrogens (tertiary/aromatic N) is 2. The molecule has 3 rings (SSSR count). The lowest BCUT2D eigenvalue weighted by Gasteiger charge is -2.18. The van der Waals surface area contributed by atoms with E-state index < -0.39 is 0 Å². The van der Waals surface area contributed by atoms with E-state index in [0.717, 1.165) is 36.4 Å². The van der Waals surface area contributed by atoms with Crippen molar-refractivity contribution in [1.82, 2.24) is 20.9 Å². The highest BCUT2D eigenvalue weighted by Crippen LogP contribution is 2.19. The highest BCUT2D eigenvalue weighted by atomic mass is 16.5. The summed E-state index contributed by atoms with van der Waals surface area (Å²) in [6.45, 7) is 5.95. The average Bonchev–Trinajstić information content (AvgIpc) is 3.43. The van der Waals surface area contributed by atoms with Gasteiger partial charge in [-0.25, -0.2) is 0 Å². The first-order valence-corrected chi connectivity index (χ1v) is 12.0. The molecule has 7 N–H and O–H groups in total. The number of aromatic nitrogens is 1. The van der Waals surface area contributed by atoms with Crippen molar-refractivity contribution in [3.05, 3.63) is 66.0 Å². The number of carbonyl (C=O) groups is 1. The molecule has 1 amide bonds. The first kappa shape index (κ1) is 27.2. The fourth-order valence-electron chi connectivity index (χ4n) is 3.66. The van der Waals surface area contributed by atoms with Gasteiger partial charge in [-0.3, -0.25) is 9.79 Å². The van der Waals surface area contributed by atoms with Gasteiger partial charge in [-0.15, -0.1) is 6.58 Å². The lowest BCUT2D eigenvalue weighted by molar-refractivity contribution is -0.116. The minimum atomic E-state index is -0.325. The largest absolute Gasteiger partial charge is 0.473 e. The molecule has 1 unspecified atom stereocenters. The lowest BCUT2D eigenvalue weighted by atomic mass is 10.1. The van der Waals surface area contributed by atoms with Gasteiger partial charge in [-0.2, -0.15) is 4.98 Å². The second-order valence-electron chi connectivity index (χ2n) is 8.12. The van der Waals surface area contributed by atoms with Crippen molar-refractivity contribution in [3.63, 3.8) is 0 Å². The van der Waals surface area contributed by atoms with Crippen LogP contribution >= 0.6 is 0 Å². The molecular weight excluding hydrogens is 470 g/mol. The van der Waals surface area contributed by atoms with Crippen LogP contribution in [0.2, 0.25) is 0 Å². The predicted molar refractivity (Wildman–Crippen MR) is 150 cm³/mol. The fourth-order valence-corrected chi connectivity index (χ4v) is 3.66. The first-order chi connectivity index (χ1) is 18.1. The Kier molecular flexibility index (Phi) is 10.5. The van der Waals surface area contributed by atoms with Crippen LogP contribution in [0.4, 0.5) is 17.2 Å². The van der Waals surface area contributed by atoms with Gasteiger partial charge >= 0.3 is 0 Å². The van der Waals surface area contributed by atoms with Gasteiger partial charge < -0.3 is 42.0 Å². The molecule has 0 aliphatic carbocycles. The maximum atomic E-state index is 12.9. The number of hydrogen-bond acceptors (Lipinski definition) is 10. The zero-order valence-corrected chi connectivity index (χ0v) is 21.2. The van der Waals surface area contributed by atoms with E-state index in [0.29, 0.717) is 29.6 Å². The van der Waals surface area contributed by atoms with E-state index >= 15 is 0 Å². The third-order valence-electron chi connectivity index (χ3n) is 5.49. The summed E-state index contributed by atoms with van der Waals surface area (Å²) in [7, 11) is 3.41. The summed E-state index contributed by atoms with van der Waals surface area (Å²) in [5.74, 6) is 1.09. The second kappa shape index (κ2) is 14.2. The number of hydrogen-bond donors (Lipinski definition) is 7. The molecule has 1 aliphatic rings. The number of carbonyl (C=O) groups excluding carboxylic acids is 1. The van der Waals surface area contributed by atoms with Gasteiger partial charge in [-0.1, -0.05) is 12.1 Å². The summed E-state index contributed by atoms with van der Waals surface area (Å²) in [5.41, 5.74) is 2.72. The zero-order chi connectivity index (χ0) is 26.5. The maximum absolute atomic E-state index is 12.9. The Bertz CT molecular complexity index is 1140. The number of benzene rings is 1. The summed E-state index contributed by atoms with van der Waals surface area (Å²) < 4.78 is 5.98. The van der Waals surface area contributed by atoms with Crippen LogP contribution in [0.25, 0.3) is 0 Å². The molecule has 1 aromatic carbocycles. The molecule has 1 aromatic heterocycles. The van der Waals surface area contributed by atoms with Crippen molar-refractivity contribution in [2.24, 2.45) is 4.99 Å². The topological polar surface area (TPSA) is 148 Å². The molecule has 2 aromatic rings. The summed E-state index contributed by atoms with van der Waals surface area (Å²) in [5, 5.41) is 26.5. The molecule has 1 aliphatic heterocycles. The molecule has 196 valence electrons. The van der Waals surface area contributed by atoms with Gasteiger partial charge in [0.25, 0.3) is 5.91 Å². The molecule has 0 spiro atoms. The van der Waals surface area contributed by atoms with E-state index in [1.165, 1.54) is 12.4 Å². The molecule has 0 saturated carbocycles. The smallest absolute Gasteiger partial charge is 0.256 e. The molecule has 1 atom stereocenters. The molecule has 2 heterocycles. The Hall–Kier alpha value is -4.38. The van der Waals surface area contributed by atoms with Crippen LogP contribution in [0, 0.1) is 5.41 Å². The lowest BCUT2D eigenvalue weighted by Crippen LogP contribution is -2.33. The minimum absolute atomic E-state index is 0.0766. The monoisotopic (exact) mass is 505 g/mol. The van der Waals surface area contributed by atoms with Gasteiger partial charge in [0.1, 0.15) is 17.7 Å². The van der Waals surface area contributed by atoms with Crippen LogP contribution in [0.1, 0.15) is 12.0 Å². The van der Waals surface area contributed by atoms with Crippen molar-refractivity contribution < 1.29 is 9.53 Å². The van der Waals surface area contributed by atoms with E-state index in [1.807, 2.05) is 37.4 Å². The third kappa shape index (κ3) is 8.07. The Labute approximate surface area is 217 Å².